The molecule has 0 aliphatic rings. The lowest BCUT2D eigenvalue weighted by atomic mass is 10.2. The molecule has 1 rings (SSSR count). The molecule has 0 atom stereocenters. The fourth-order valence-electron chi connectivity index (χ4n) is 1.21. The van der Waals surface area contributed by atoms with E-state index < -0.39 is 0 Å². The summed E-state index contributed by atoms with van der Waals surface area (Å²) in [5, 5.41) is 5.38. The predicted octanol–water partition coefficient (Wildman–Crippen LogP) is 2.25. The lowest BCUT2D eigenvalue weighted by molar-refractivity contribution is -0.116. The number of rotatable bonds is 4. The number of hydrogen-bond acceptors (Lipinski definition) is 3. The van der Waals surface area contributed by atoms with E-state index >= 15 is 0 Å². The van der Waals surface area contributed by atoms with Crippen LogP contribution in [0.2, 0.25) is 0 Å². The van der Waals surface area contributed by atoms with Crippen LogP contribution < -0.4 is 10.6 Å². The van der Waals surface area contributed by atoms with Gasteiger partial charge in [-0.2, -0.15) is 0 Å². The third-order valence-corrected chi connectivity index (χ3v) is 2.33. The third-order valence-electron chi connectivity index (χ3n) is 2.33. The molecule has 0 saturated carbocycles. The Hall–Kier alpha value is -2.17. The molecule has 0 aromatic carbocycles. The minimum absolute atomic E-state index is 0.0992. The monoisotopic (exact) mass is 247 g/mol. The minimum atomic E-state index is -0.265. The molecule has 0 aliphatic heterocycles. The molecule has 5 nitrogen and oxygen atoms in total. The number of hydrogen-bond donors (Lipinski definition) is 2. The SMILES string of the molecule is C=C(C)C(=O)Nc1cc(NC(=O)CC)cnc1C. The molecule has 1 heterocycles. The van der Waals surface area contributed by atoms with Crippen molar-refractivity contribution >= 4 is 23.2 Å². The van der Waals surface area contributed by atoms with Crippen LogP contribution in [0.1, 0.15) is 26.0 Å². The highest BCUT2D eigenvalue weighted by Crippen LogP contribution is 2.18. The van der Waals surface area contributed by atoms with Gasteiger partial charge in [-0.05, 0) is 19.9 Å². The second kappa shape index (κ2) is 5.95. The second-order valence-electron chi connectivity index (χ2n) is 3.99. The van der Waals surface area contributed by atoms with E-state index in [0.29, 0.717) is 29.1 Å². The lowest BCUT2D eigenvalue weighted by Crippen LogP contribution is -2.14. The average molecular weight is 247 g/mol. The number of carbonyl (C=O) groups is 2. The van der Waals surface area contributed by atoms with Crippen molar-refractivity contribution in [2.45, 2.75) is 27.2 Å². The maximum Gasteiger partial charge on any atom is 0.250 e. The van der Waals surface area contributed by atoms with Crippen LogP contribution in [0.25, 0.3) is 0 Å². The van der Waals surface area contributed by atoms with Gasteiger partial charge in [-0.15, -0.1) is 0 Å². The zero-order chi connectivity index (χ0) is 13.7. The first-order valence-electron chi connectivity index (χ1n) is 5.67. The van der Waals surface area contributed by atoms with Gasteiger partial charge < -0.3 is 10.6 Å². The van der Waals surface area contributed by atoms with Gasteiger partial charge in [0.25, 0.3) is 5.91 Å². The fraction of sp³-hybridized carbons (Fsp3) is 0.308. The van der Waals surface area contributed by atoms with Crippen molar-refractivity contribution in [1.82, 2.24) is 4.98 Å². The highest BCUT2D eigenvalue weighted by Gasteiger charge is 2.08. The highest BCUT2D eigenvalue weighted by atomic mass is 16.2. The average Bonchev–Trinajstić information content (AvgIpc) is 2.33. The number of carbonyl (C=O) groups excluding carboxylic acids is 2. The first-order valence-corrected chi connectivity index (χ1v) is 5.67. The first kappa shape index (κ1) is 13.9. The molecule has 0 aliphatic carbocycles. The summed E-state index contributed by atoms with van der Waals surface area (Å²) < 4.78 is 0. The van der Waals surface area contributed by atoms with E-state index in [1.165, 1.54) is 0 Å². The van der Waals surface area contributed by atoms with Crippen molar-refractivity contribution in [2.24, 2.45) is 0 Å². The number of pyridine rings is 1. The van der Waals surface area contributed by atoms with E-state index in [1.807, 2.05) is 0 Å². The largest absolute Gasteiger partial charge is 0.325 e. The Labute approximate surface area is 106 Å². The molecule has 0 unspecified atom stereocenters. The van der Waals surface area contributed by atoms with Gasteiger partial charge >= 0.3 is 0 Å². The molecule has 0 bridgehead atoms. The molecule has 96 valence electrons. The number of nitrogens with one attached hydrogen (secondary N) is 2. The molecule has 2 N–H and O–H groups in total. The smallest absolute Gasteiger partial charge is 0.250 e. The predicted molar refractivity (Wildman–Crippen MR) is 71.3 cm³/mol. The summed E-state index contributed by atoms with van der Waals surface area (Å²) in [7, 11) is 0. The van der Waals surface area contributed by atoms with E-state index in [9.17, 15) is 9.59 Å². The zero-order valence-electron chi connectivity index (χ0n) is 10.8. The normalized spacial score (nSPS) is 9.72. The van der Waals surface area contributed by atoms with Gasteiger partial charge in [-0.1, -0.05) is 13.5 Å². The Bertz CT molecular complexity index is 495. The second-order valence-corrected chi connectivity index (χ2v) is 3.99. The number of aromatic nitrogens is 1. The Kier molecular flexibility index (Phi) is 4.59. The van der Waals surface area contributed by atoms with Crippen LogP contribution in [0, 0.1) is 6.92 Å². The molecule has 2 amide bonds. The van der Waals surface area contributed by atoms with E-state index in [0.717, 1.165) is 0 Å². The molecule has 18 heavy (non-hydrogen) atoms. The standard InChI is InChI=1S/C13H17N3O2/c1-5-12(17)15-10-6-11(9(4)14-7-10)16-13(18)8(2)3/h6-7H,2,5H2,1,3-4H3,(H,15,17)(H,16,18). The molecule has 0 spiro atoms. The Morgan fingerprint density at radius 3 is 2.61 bits per heavy atom. The van der Waals surface area contributed by atoms with Crippen molar-refractivity contribution in [3.8, 4) is 0 Å². The van der Waals surface area contributed by atoms with Crippen molar-refractivity contribution < 1.29 is 9.59 Å². The molecular weight excluding hydrogens is 230 g/mol. The number of amides is 2. The van der Waals surface area contributed by atoms with Crippen LogP contribution >= 0.6 is 0 Å². The van der Waals surface area contributed by atoms with Gasteiger partial charge in [-0.3, -0.25) is 14.6 Å². The van der Waals surface area contributed by atoms with Crippen LogP contribution in [0.4, 0.5) is 11.4 Å². The van der Waals surface area contributed by atoms with Gasteiger partial charge in [-0.25, -0.2) is 0 Å². The first-order chi connectivity index (χ1) is 8.43. The summed E-state index contributed by atoms with van der Waals surface area (Å²) in [6.07, 6.45) is 1.95. The van der Waals surface area contributed by atoms with Gasteiger partial charge in [0.15, 0.2) is 0 Å². The molecule has 5 heteroatoms. The van der Waals surface area contributed by atoms with Crippen LogP contribution in [0.15, 0.2) is 24.4 Å². The van der Waals surface area contributed by atoms with Crippen molar-refractivity contribution in [2.75, 3.05) is 10.6 Å². The molecular formula is C13H17N3O2. The Morgan fingerprint density at radius 2 is 2.06 bits per heavy atom. The summed E-state index contributed by atoms with van der Waals surface area (Å²) >= 11 is 0. The maximum absolute atomic E-state index is 11.5. The van der Waals surface area contributed by atoms with E-state index in [1.54, 1.807) is 33.0 Å². The fourth-order valence-corrected chi connectivity index (χ4v) is 1.21. The summed E-state index contributed by atoms with van der Waals surface area (Å²) in [4.78, 5) is 26.9. The van der Waals surface area contributed by atoms with Crippen molar-refractivity contribution in [3.05, 3.63) is 30.1 Å². The quantitative estimate of drug-likeness (QED) is 0.802. The highest BCUT2D eigenvalue weighted by molar-refractivity contribution is 6.03. The topological polar surface area (TPSA) is 71.1 Å². The van der Waals surface area contributed by atoms with Crippen LogP contribution in [0.3, 0.4) is 0 Å². The summed E-state index contributed by atoms with van der Waals surface area (Å²) in [6, 6.07) is 1.68. The number of anilines is 2. The number of aryl methyl sites for hydroxylation is 1. The molecule has 0 saturated heterocycles. The molecule has 0 radical (unpaired) electrons. The van der Waals surface area contributed by atoms with E-state index in [-0.39, 0.29) is 11.8 Å². The third kappa shape index (κ3) is 3.69. The van der Waals surface area contributed by atoms with Crippen molar-refractivity contribution in [1.29, 1.82) is 0 Å². The van der Waals surface area contributed by atoms with Gasteiger partial charge in [0.1, 0.15) is 0 Å². The van der Waals surface area contributed by atoms with Crippen LogP contribution in [-0.2, 0) is 9.59 Å². The molecule has 1 aromatic rings. The molecule has 1 aromatic heterocycles. The molecule has 0 fully saturated rings. The zero-order valence-corrected chi connectivity index (χ0v) is 10.8. The van der Waals surface area contributed by atoms with Crippen molar-refractivity contribution in [3.63, 3.8) is 0 Å². The number of nitrogens with zero attached hydrogens (tertiary/aromatic N) is 1. The van der Waals surface area contributed by atoms with E-state index in [2.05, 4.69) is 22.2 Å². The van der Waals surface area contributed by atoms with Gasteiger partial charge in [0.05, 0.1) is 23.3 Å². The summed E-state index contributed by atoms with van der Waals surface area (Å²) in [5.41, 5.74) is 2.22. The van der Waals surface area contributed by atoms with Gasteiger partial charge in [0.2, 0.25) is 5.91 Å². The van der Waals surface area contributed by atoms with E-state index in [4.69, 9.17) is 0 Å². The van der Waals surface area contributed by atoms with Crippen LogP contribution in [0.5, 0.6) is 0 Å². The lowest BCUT2D eigenvalue weighted by Gasteiger charge is -2.10. The summed E-state index contributed by atoms with van der Waals surface area (Å²) in [6.45, 7) is 8.73. The van der Waals surface area contributed by atoms with Crippen LogP contribution in [-0.4, -0.2) is 16.8 Å². The minimum Gasteiger partial charge on any atom is -0.325 e. The Balaban J connectivity index is 2.91. The summed E-state index contributed by atoms with van der Waals surface area (Å²) in [5.74, 6) is -0.364. The van der Waals surface area contributed by atoms with Gasteiger partial charge in [0, 0.05) is 12.0 Å². The Morgan fingerprint density at radius 1 is 1.39 bits per heavy atom. The maximum atomic E-state index is 11.5.